The van der Waals surface area contributed by atoms with Gasteiger partial charge in [-0.1, -0.05) is 29.8 Å². The van der Waals surface area contributed by atoms with Crippen LogP contribution in [-0.4, -0.2) is 31.9 Å². The summed E-state index contributed by atoms with van der Waals surface area (Å²) in [5, 5.41) is 5.42. The summed E-state index contributed by atoms with van der Waals surface area (Å²) < 4.78 is 5.30. The number of hydrogen-bond acceptors (Lipinski definition) is 5. The highest BCUT2D eigenvalue weighted by atomic mass is 35.5. The van der Waals surface area contributed by atoms with E-state index in [1.165, 1.54) is 6.20 Å². The number of fused-ring (bicyclic) bond motifs is 1. The molecule has 0 unspecified atom stereocenters. The van der Waals surface area contributed by atoms with Crippen LogP contribution in [0.5, 0.6) is 5.75 Å². The Balaban J connectivity index is 1.54. The van der Waals surface area contributed by atoms with Gasteiger partial charge in [-0.15, -0.1) is 0 Å². The molecule has 2 heterocycles. The molecule has 140 valence electrons. The number of H-pyrrole nitrogens is 2. The van der Waals surface area contributed by atoms with Crippen LogP contribution in [0.3, 0.4) is 0 Å². The molecule has 4 N–H and O–H groups in total. The van der Waals surface area contributed by atoms with E-state index in [-0.39, 0.29) is 17.6 Å². The number of benzene rings is 2. The first-order valence-electron chi connectivity index (χ1n) is 8.13. The number of halogens is 1. The lowest BCUT2D eigenvalue weighted by atomic mass is 10.2. The van der Waals surface area contributed by atoms with Crippen LogP contribution in [0.15, 0.2) is 54.9 Å². The molecule has 2 aromatic heterocycles. The van der Waals surface area contributed by atoms with E-state index in [4.69, 9.17) is 16.3 Å². The number of aromatic nitrogens is 4. The predicted molar refractivity (Wildman–Crippen MR) is 104 cm³/mol. The molecule has 0 atom stereocenters. The molecule has 28 heavy (non-hydrogen) atoms. The summed E-state index contributed by atoms with van der Waals surface area (Å²) in [6.45, 7) is 0. The number of aromatic amines is 2. The smallest absolute Gasteiger partial charge is 0.408 e. The Hall–Kier alpha value is -3.85. The highest BCUT2D eigenvalue weighted by molar-refractivity contribution is 6.34. The number of ether oxygens (including phenoxy) is 1. The van der Waals surface area contributed by atoms with Crippen molar-refractivity contribution in [2.75, 3.05) is 10.6 Å². The fourth-order valence-corrected chi connectivity index (χ4v) is 2.74. The summed E-state index contributed by atoms with van der Waals surface area (Å²) in [6, 6.07) is 11.7. The van der Waals surface area contributed by atoms with Crippen molar-refractivity contribution in [3.8, 4) is 5.75 Å². The molecule has 2 amide bonds. The molecule has 0 fully saturated rings. The maximum Gasteiger partial charge on any atom is 0.419 e. The maximum atomic E-state index is 12.4. The first-order valence-corrected chi connectivity index (χ1v) is 8.51. The molecule has 0 aliphatic carbocycles. The van der Waals surface area contributed by atoms with Gasteiger partial charge in [-0.2, -0.15) is 0 Å². The molecule has 4 aromatic rings. The molecule has 0 aliphatic heterocycles. The minimum atomic E-state index is -0.730. The van der Waals surface area contributed by atoms with E-state index in [1.807, 2.05) is 0 Å². The van der Waals surface area contributed by atoms with Crippen molar-refractivity contribution < 1.29 is 14.3 Å². The SMILES string of the molecule is O=C(Nc1ncc[nH]1)Oc1cccc2[nH]c(NC(=O)c3ccccc3Cl)nc12. The standard InChI is InChI=1S/C18H13ClN6O3/c19-11-5-2-1-4-10(11)15(26)24-17-22-12-6-3-7-13(14(12)23-17)28-18(27)25-16-20-8-9-21-16/h1-9H,(H2,20,21,25,27)(H2,22,23,24,26). The highest BCUT2D eigenvalue weighted by Gasteiger charge is 2.15. The maximum absolute atomic E-state index is 12.4. The Kier molecular flexibility index (Phi) is 4.65. The van der Waals surface area contributed by atoms with Gasteiger partial charge in [0.15, 0.2) is 5.75 Å². The zero-order valence-corrected chi connectivity index (χ0v) is 14.9. The molecule has 10 heteroatoms. The Morgan fingerprint density at radius 3 is 2.68 bits per heavy atom. The largest absolute Gasteiger partial charge is 0.419 e. The fraction of sp³-hybridized carbons (Fsp3) is 0. The van der Waals surface area contributed by atoms with Crippen LogP contribution in [-0.2, 0) is 0 Å². The summed E-state index contributed by atoms with van der Waals surface area (Å²) >= 11 is 6.04. The van der Waals surface area contributed by atoms with Crippen molar-refractivity contribution in [1.29, 1.82) is 0 Å². The predicted octanol–water partition coefficient (Wildman–Crippen LogP) is 3.80. The third kappa shape index (κ3) is 3.64. The summed E-state index contributed by atoms with van der Waals surface area (Å²) in [5.41, 5.74) is 1.28. The minimum absolute atomic E-state index is 0.197. The molecule has 9 nitrogen and oxygen atoms in total. The second-order valence-electron chi connectivity index (χ2n) is 5.62. The van der Waals surface area contributed by atoms with Crippen LogP contribution in [0.2, 0.25) is 5.02 Å². The van der Waals surface area contributed by atoms with Crippen molar-refractivity contribution >= 4 is 46.5 Å². The number of anilines is 2. The van der Waals surface area contributed by atoms with Gasteiger partial charge >= 0.3 is 6.09 Å². The van der Waals surface area contributed by atoms with Crippen molar-refractivity contribution in [1.82, 2.24) is 19.9 Å². The zero-order valence-electron chi connectivity index (χ0n) is 14.2. The average molecular weight is 397 g/mol. The number of nitrogens with one attached hydrogen (secondary N) is 4. The van der Waals surface area contributed by atoms with Crippen molar-refractivity contribution in [2.45, 2.75) is 0 Å². The minimum Gasteiger partial charge on any atom is -0.408 e. The Morgan fingerprint density at radius 2 is 1.89 bits per heavy atom. The molecule has 0 bridgehead atoms. The number of carbonyl (C=O) groups excluding carboxylic acids is 2. The third-order valence-electron chi connectivity index (χ3n) is 3.75. The summed E-state index contributed by atoms with van der Waals surface area (Å²) in [7, 11) is 0. The van der Waals surface area contributed by atoms with E-state index in [2.05, 4.69) is 30.6 Å². The van der Waals surface area contributed by atoms with Crippen LogP contribution >= 0.6 is 11.6 Å². The number of rotatable bonds is 4. The van der Waals surface area contributed by atoms with E-state index in [0.29, 0.717) is 21.6 Å². The van der Waals surface area contributed by atoms with Gasteiger partial charge < -0.3 is 14.7 Å². The van der Waals surface area contributed by atoms with Crippen molar-refractivity contribution in [3.05, 3.63) is 65.4 Å². The molecule has 4 rings (SSSR count). The second kappa shape index (κ2) is 7.41. The van der Waals surface area contributed by atoms with Crippen LogP contribution in [0, 0.1) is 0 Å². The molecule has 0 saturated carbocycles. The topological polar surface area (TPSA) is 125 Å². The molecule has 0 saturated heterocycles. The molecule has 0 aliphatic rings. The number of nitrogens with zero attached hydrogens (tertiary/aromatic N) is 2. The molecular formula is C18H13ClN6O3. The van der Waals surface area contributed by atoms with Gasteiger partial charge in [0.05, 0.1) is 16.1 Å². The van der Waals surface area contributed by atoms with E-state index in [9.17, 15) is 9.59 Å². The van der Waals surface area contributed by atoms with Crippen molar-refractivity contribution in [2.24, 2.45) is 0 Å². The molecule has 0 radical (unpaired) electrons. The first-order chi connectivity index (χ1) is 13.6. The summed E-state index contributed by atoms with van der Waals surface area (Å²) in [5.74, 6) is 0.257. The third-order valence-corrected chi connectivity index (χ3v) is 4.08. The molecule has 0 spiro atoms. The van der Waals surface area contributed by atoms with Gasteiger partial charge in [-0.25, -0.2) is 14.8 Å². The normalized spacial score (nSPS) is 10.6. The lowest BCUT2D eigenvalue weighted by Crippen LogP contribution is -2.17. The number of para-hydroxylation sites is 1. The number of amides is 2. The van der Waals surface area contributed by atoms with Gasteiger partial charge in [0, 0.05) is 12.4 Å². The first kappa shape index (κ1) is 17.6. The Bertz CT molecular complexity index is 1160. The quantitative estimate of drug-likeness (QED) is 0.417. The van der Waals surface area contributed by atoms with Crippen LogP contribution in [0.1, 0.15) is 10.4 Å². The van der Waals surface area contributed by atoms with Gasteiger partial charge in [-0.3, -0.25) is 15.4 Å². The van der Waals surface area contributed by atoms with Crippen LogP contribution < -0.4 is 15.4 Å². The fourth-order valence-electron chi connectivity index (χ4n) is 2.52. The summed E-state index contributed by atoms with van der Waals surface area (Å²) in [4.78, 5) is 38.3. The monoisotopic (exact) mass is 396 g/mol. The lowest BCUT2D eigenvalue weighted by Gasteiger charge is -2.04. The summed E-state index contributed by atoms with van der Waals surface area (Å²) in [6.07, 6.45) is 2.34. The molecule has 2 aromatic carbocycles. The Morgan fingerprint density at radius 1 is 1.04 bits per heavy atom. The second-order valence-corrected chi connectivity index (χ2v) is 6.03. The van der Waals surface area contributed by atoms with E-state index >= 15 is 0 Å². The highest BCUT2D eigenvalue weighted by Crippen LogP contribution is 2.26. The van der Waals surface area contributed by atoms with Gasteiger partial charge in [0.2, 0.25) is 11.9 Å². The number of hydrogen-bond donors (Lipinski definition) is 4. The van der Waals surface area contributed by atoms with Gasteiger partial charge in [0.1, 0.15) is 5.52 Å². The van der Waals surface area contributed by atoms with Crippen LogP contribution in [0.4, 0.5) is 16.7 Å². The number of carbonyl (C=O) groups is 2. The van der Waals surface area contributed by atoms with E-state index in [1.54, 1.807) is 48.7 Å². The molecular weight excluding hydrogens is 384 g/mol. The van der Waals surface area contributed by atoms with E-state index < -0.39 is 12.0 Å². The van der Waals surface area contributed by atoms with Gasteiger partial charge in [-0.05, 0) is 24.3 Å². The van der Waals surface area contributed by atoms with Gasteiger partial charge in [0.25, 0.3) is 5.91 Å². The average Bonchev–Trinajstić information content (AvgIpc) is 3.31. The zero-order chi connectivity index (χ0) is 19.5. The van der Waals surface area contributed by atoms with E-state index in [0.717, 1.165) is 0 Å². The lowest BCUT2D eigenvalue weighted by molar-refractivity contribution is 0.102. The number of imidazole rings is 2. The van der Waals surface area contributed by atoms with Crippen LogP contribution in [0.25, 0.3) is 11.0 Å². The van der Waals surface area contributed by atoms with Crippen molar-refractivity contribution in [3.63, 3.8) is 0 Å². The Labute approximate surface area is 163 Å².